The number of carbonyl (C=O) groups excluding carboxylic acids is 1. The van der Waals surface area contributed by atoms with E-state index in [0.29, 0.717) is 11.4 Å². The van der Waals surface area contributed by atoms with Crippen molar-refractivity contribution < 1.29 is 9.90 Å². The molecule has 5 heteroatoms. The van der Waals surface area contributed by atoms with Crippen molar-refractivity contribution in [2.45, 2.75) is 13.0 Å². The molecule has 0 aromatic carbocycles. The van der Waals surface area contributed by atoms with Crippen molar-refractivity contribution in [3.63, 3.8) is 0 Å². The summed E-state index contributed by atoms with van der Waals surface area (Å²) >= 11 is 0. The highest BCUT2D eigenvalue weighted by Crippen LogP contribution is 2.22. The van der Waals surface area contributed by atoms with Crippen molar-refractivity contribution >= 4 is 11.7 Å². The van der Waals surface area contributed by atoms with E-state index in [9.17, 15) is 9.90 Å². The molecule has 0 unspecified atom stereocenters. The molecule has 0 fully saturated rings. The van der Waals surface area contributed by atoms with E-state index < -0.39 is 12.0 Å². The third-order valence-corrected chi connectivity index (χ3v) is 2.02. The Morgan fingerprint density at radius 3 is 2.93 bits per heavy atom. The first-order chi connectivity index (χ1) is 7.02. The monoisotopic (exact) mass is 209 g/mol. The minimum Gasteiger partial charge on any atom is -0.389 e. The Morgan fingerprint density at radius 1 is 1.73 bits per heavy atom. The zero-order valence-electron chi connectivity index (χ0n) is 8.84. The molecule has 1 rings (SSSR count). The maximum atomic E-state index is 10.8. The minimum absolute atomic E-state index is 0.0801. The Hall–Kier alpha value is -1.62. The number of hydrogen-bond donors (Lipinski definition) is 2. The summed E-state index contributed by atoms with van der Waals surface area (Å²) in [6, 6.07) is 3.51. The number of pyridine rings is 1. The van der Waals surface area contributed by atoms with E-state index >= 15 is 0 Å². The predicted molar refractivity (Wildman–Crippen MR) is 57.3 cm³/mol. The highest BCUT2D eigenvalue weighted by Gasteiger charge is 2.13. The molecule has 0 aliphatic rings. The SMILES string of the molecule is C[C@H](O)c1cccnc1N(C)CC(N)=O. The number of hydrogen-bond acceptors (Lipinski definition) is 4. The van der Waals surface area contributed by atoms with E-state index in [1.165, 1.54) is 0 Å². The van der Waals surface area contributed by atoms with E-state index in [1.807, 2.05) is 0 Å². The van der Waals surface area contributed by atoms with Gasteiger partial charge < -0.3 is 15.7 Å². The van der Waals surface area contributed by atoms with Gasteiger partial charge in [0.25, 0.3) is 0 Å². The van der Waals surface area contributed by atoms with Gasteiger partial charge in [0.1, 0.15) is 5.82 Å². The molecule has 0 spiro atoms. The van der Waals surface area contributed by atoms with Gasteiger partial charge in [0.2, 0.25) is 5.91 Å². The number of likely N-dealkylation sites (N-methyl/N-ethyl adjacent to an activating group) is 1. The van der Waals surface area contributed by atoms with E-state index in [4.69, 9.17) is 5.73 Å². The Balaban J connectivity index is 2.97. The highest BCUT2D eigenvalue weighted by atomic mass is 16.3. The van der Waals surface area contributed by atoms with Gasteiger partial charge in [-0.3, -0.25) is 4.79 Å². The zero-order chi connectivity index (χ0) is 11.4. The first-order valence-electron chi connectivity index (χ1n) is 4.64. The predicted octanol–water partition coefficient (Wildman–Crippen LogP) is 0.0564. The van der Waals surface area contributed by atoms with Crippen molar-refractivity contribution in [2.75, 3.05) is 18.5 Å². The number of carbonyl (C=O) groups is 1. The Kier molecular flexibility index (Phi) is 3.62. The number of amides is 1. The summed E-state index contributed by atoms with van der Waals surface area (Å²) in [5, 5.41) is 9.50. The summed E-state index contributed by atoms with van der Waals surface area (Å²) in [5.74, 6) is 0.144. The van der Waals surface area contributed by atoms with Gasteiger partial charge in [-0.15, -0.1) is 0 Å². The quantitative estimate of drug-likeness (QED) is 0.734. The maximum Gasteiger partial charge on any atom is 0.236 e. The Bertz CT molecular complexity index is 352. The van der Waals surface area contributed by atoms with Crippen LogP contribution in [0.5, 0.6) is 0 Å². The van der Waals surface area contributed by atoms with Crippen LogP contribution in [0.15, 0.2) is 18.3 Å². The molecule has 0 saturated heterocycles. The molecule has 82 valence electrons. The molecule has 0 aliphatic heterocycles. The van der Waals surface area contributed by atoms with Crippen LogP contribution >= 0.6 is 0 Å². The third kappa shape index (κ3) is 2.92. The zero-order valence-corrected chi connectivity index (χ0v) is 8.84. The molecule has 15 heavy (non-hydrogen) atoms. The van der Waals surface area contributed by atoms with E-state index in [-0.39, 0.29) is 6.54 Å². The lowest BCUT2D eigenvalue weighted by molar-refractivity contribution is -0.116. The third-order valence-electron chi connectivity index (χ3n) is 2.02. The molecule has 0 bridgehead atoms. The maximum absolute atomic E-state index is 10.8. The van der Waals surface area contributed by atoms with Crippen LogP contribution in [0.1, 0.15) is 18.6 Å². The summed E-state index contributed by atoms with van der Waals surface area (Å²) in [6.45, 7) is 1.73. The van der Waals surface area contributed by atoms with Gasteiger partial charge in [0.05, 0.1) is 12.6 Å². The molecule has 1 aromatic rings. The molecular formula is C10H15N3O2. The lowest BCUT2D eigenvalue weighted by atomic mass is 10.1. The van der Waals surface area contributed by atoms with Gasteiger partial charge >= 0.3 is 0 Å². The standard InChI is InChI=1S/C10H15N3O2/c1-7(14)8-4-3-5-12-10(8)13(2)6-9(11)15/h3-5,7,14H,6H2,1-2H3,(H2,11,15)/t7-/m0/s1. The number of primary amides is 1. The first kappa shape index (κ1) is 11.5. The van der Waals surface area contributed by atoms with Crippen molar-refractivity contribution in [1.82, 2.24) is 4.98 Å². The molecule has 1 heterocycles. The Morgan fingerprint density at radius 2 is 2.40 bits per heavy atom. The average Bonchev–Trinajstić information content (AvgIpc) is 2.16. The largest absolute Gasteiger partial charge is 0.389 e. The van der Waals surface area contributed by atoms with Crippen LogP contribution < -0.4 is 10.6 Å². The molecule has 0 radical (unpaired) electrons. The number of rotatable bonds is 4. The van der Waals surface area contributed by atoms with Gasteiger partial charge in [-0.1, -0.05) is 6.07 Å². The fourth-order valence-electron chi connectivity index (χ4n) is 1.36. The van der Waals surface area contributed by atoms with Crippen LogP contribution in [-0.4, -0.2) is 29.6 Å². The number of aliphatic hydroxyl groups is 1. The van der Waals surface area contributed by atoms with Crippen LogP contribution in [0.25, 0.3) is 0 Å². The second-order valence-corrected chi connectivity index (χ2v) is 3.41. The van der Waals surface area contributed by atoms with E-state index in [1.54, 1.807) is 37.2 Å². The first-order valence-corrected chi connectivity index (χ1v) is 4.64. The number of anilines is 1. The summed E-state index contributed by atoms with van der Waals surface area (Å²) < 4.78 is 0. The van der Waals surface area contributed by atoms with E-state index in [2.05, 4.69) is 4.98 Å². The molecule has 1 amide bonds. The number of aliphatic hydroxyl groups excluding tert-OH is 1. The van der Waals surface area contributed by atoms with Gasteiger partial charge in [-0.25, -0.2) is 4.98 Å². The van der Waals surface area contributed by atoms with Gasteiger partial charge in [-0.2, -0.15) is 0 Å². The Labute approximate surface area is 88.5 Å². The molecule has 0 saturated carbocycles. The second kappa shape index (κ2) is 4.75. The summed E-state index contributed by atoms with van der Waals surface area (Å²) in [4.78, 5) is 16.5. The summed E-state index contributed by atoms with van der Waals surface area (Å²) in [6.07, 6.45) is 0.989. The highest BCUT2D eigenvalue weighted by molar-refractivity contribution is 5.79. The molecule has 1 atom stereocenters. The van der Waals surface area contributed by atoms with Crippen LogP contribution in [0.4, 0.5) is 5.82 Å². The average molecular weight is 209 g/mol. The number of nitrogens with two attached hydrogens (primary N) is 1. The van der Waals surface area contributed by atoms with Crippen LogP contribution in [0.2, 0.25) is 0 Å². The second-order valence-electron chi connectivity index (χ2n) is 3.41. The molecule has 1 aromatic heterocycles. The van der Waals surface area contributed by atoms with Gasteiger partial charge in [-0.05, 0) is 13.0 Å². The molecule has 0 aliphatic carbocycles. The lowest BCUT2D eigenvalue weighted by Crippen LogP contribution is -2.31. The lowest BCUT2D eigenvalue weighted by Gasteiger charge is -2.20. The summed E-state index contributed by atoms with van der Waals surface area (Å²) in [5.41, 5.74) is 5.77. The van der Waals surface area contributed by atoms with Crippen molar-refractivity contribution in [3.8, 4) is 0 Å². The van der Waals surface area contributed by atoms with Crippen LogP contribution in [-0.2, 0) is 4.79 Å². The van der Waals surface area contributed by atoms with Gasteiger partial charge in [0, 0.05) is 18.8 Å². The number of nitrogens with zero attached hydrogens (tertiary/aromatic N) is 2. The molecule has 5 nitrogen and oxygen atoms in total. The van der Waals surface area contributed by atoms with Crippen molar-refractivity contribution in [3.05, 3.63) is 23.9 Å². The van der Waals surface area contributed by atoms with Crippen LogP contribution in [0.3, 0.4) is 0 Å². The minimum atomic E-state index is -0.621. The topological polar surface area (TPSA) is 79.5 Å². The normalized spacial score (nSPS) is 12.2. The smallest absolute Gasteiger partial charge is 0.236 e. The fourth-order valence-corrected chi connectivity index (χ4v) is 1.36. The molecule has 3 N–H and O–H groups in total. The molecular weight excluding hydrogens is 194 g/mol. The van der Waals surface area contributed by atoms with Crippen LogP contribution in [0, 0.1) is 0 Å². The summed E-state index contributed by atoms with van der Waals surface area (Å²) in [7, 11) is 1.71. The van der Waals surface area contributed by atoms with Crippen molar-refractivity contribution in [2.24, 2.45) is 5.73 Å². The number of aromatic nitrogens is 1. The van der Waals surface area contributed by atoms with E-state index in [0.717, 1.165) is 0 Å². The van der Waals surface area contributed by atoms with Gasteiger partial charge in [0.15, 0.2) is 0 Å². The fraction of sp³-hybridized carbons (Fsp3) is 0.400. The van der Waals surface area contributed by atoms with Crippen molar-refractivity contribution in [1.29, 1.82) is 0 Å².